The van der Waals surface area contributed by atoms with Gasteiger partial charge in [-0.05, 0) is 17.7 Å². The molecule has 17 heavy (non-hydrogen) atoms. The molecule has 0 amide bonds. The summed E-state index contributed by atoms with van der Waals surface area (Å²) < 4.78 is 1.20. The van der Waals surface area contributed by atoms with Gasteiger partial charge in [0.2, 0.25) is 0 Å². The summed E-state index contributed by atoms with van der Waals surface area (Å²) >= 11 is 1.71. The standard InChI is InChI=1S/C14H12N2S/c15-9-10-6-7-12-13(8-10)17-14(16-12)11-4-2-1-3-5-11/h1-8H,9,15H2. The van der Waals surface area contributed by atoms with E-state index >= 15 is 0 Å². The van der Waals surface area contributed by atoms with Crippen LogP contribution < -0.4 is 5.73 Å². The van der Waals surface area contributed by atoms with Crippen molar-refractivity contribution in [2.45, 2.75) is 6.54 Å². The van der Waals surface area contributed by atoms with E-state index in [1.807, 2.05) is 30.3 Å². The molecule has 0 aliphatic rings. The molecule has 0 spiro atoms. The first-order valence-electron chi connectivity index (χ1n) is 5.52. The molecule has 1 heterocycles. The first-order chi connectivity index (χ1) is 8.36. The molecule has 0 aliphatic heterocycles. The molecule has 0 radical (unpaired) electrons. The van der Waals surface area contributed by atoms with Gasteiger partial charge in [-0.2, -0.15) is 0 Å². The van der Waals surface area contributed by atoms with Crippen LogP contribution in [-0.4, -0.2) is 4.98 Å². The Balaban J connectivity index is 2.14. The van der Waals surface area contributed by atoms with Gasteiger partial charge in [-0.3, -0.25) is 0 Å². The lowest BCUT2D eigenvalue weighted by Crippen LogP contribution is -1.94. The fourth-order valence-electron chi connectivity index (χ4n) is 1.80. The lowest BCUT2D eigenvalue weighted by Gasteiger charge is -1.93. The molecule has 0 bridgehead atoms. The van der Waals surface area contributed by atoms with Crippen LogP contribution in [0.2, 0.25) is 0 Å². The summed E-state index contributed by atoms with van der Waals surface area (Å²) in [5.41, 5.74) is 9.01. The number of aromatic nitrogens is 1. The van der Waals surface area contributed by atoms with E-state index in [0.29, 0.717) is 6.54 Å². The van der Waals surface area contributed by atoms with Crippen LogP contribution in [-0.2, 0) is 6.54 Å². The van der Waals surface area contributed by atoms with Crippen molar-refractivity contribution < 1.29 is 0 Å². The van der Waals surface area contributed by atoms with Crippen LogP contribution in [0.15, 0.2) is 48.5 Å². The van der Waals surface area contributed by atoms with Gasteiger partial charge in [-0.25, -0.2) is 4.98 Å². The molecule has 84 valence electrons. The van der Waals surface area contributed by atoms with Crippen LogP contribution in [0, 0.1) is 0 Å². The molecule has 1 aromatic heterocycles. The summed E-state index contributed by atoms with van der Waals surface area (Å²) in [5.74, 6) is 0. The van der Waals surface area contributed by atoms with Crippen molar-refractivity contribution >= 4 is 21.6 Å². The van der Waals surface area contributed by atoms with Crippen molar-refractivity contribution in [3.05, 3.63) is 54.1 Å². The van der Waals surface area contributed by atoms with Gasteiger partial charge < -0.3 is 5.73 Å². The maximum absolute atomic E-state index is 5.64. The maximum Gasteiger partial charge on any atom is 0.124 e. The minimum absolute atomic E-state index is 0.578. The molecule has 0 atom stereocenters. The number of hydrogen-bond acceptors (Lipinski definition) is 3. The third-order valence-electron chi connectivity index (χ3n) is 2.71. The molecule has 0 fully saturated rings. The molecule has 2 nitrogen and oxygen atoms in total. The molecule has 0 unspecified atom stereocenters. The highest BCUT2D eigenvalue weighted by atomic mass is 32.1. The second-order valence-electron chi connectivity index (χ2n) is 3.89. The first-order valence-corrected chi connectivity index (χ1v) is 6.33. The molecule has 0 saturated carbocycles. The fourth-order valence-corrected chi connectivity index (χ4v) is 2.83. The average Bonchev–Trinajstić information content (AvgIpc) is 2.82. The molecule has 2 N–H and O–H groups in total. The zero-order valence-corrected chi connectivity index (χ0v) is 10.1. The van der Waals surface area contributed by atoms with E-state index in [-0.39, 0.29) is 0 Å². The number of nitrogens with zero attached hydrogens (tertiary/aromatic N) is 1. The van der Waals surface area contributed by atoms with Crippen LogP contribution >= 0.6 is 11.3 Å². The predicted octanol–water partition coefficient (Wildman–Crippen LogP) is 3.42. The van der Waals surface area contributed by atoms with Crippen molar-refractivity contribution in [3.63, 3.8) is 0 Å². The van der Waals surface area contributed by atoms with E-state index in [2.05, 4.69) is 23.2 Å². The topological polar surface area (TPSA) is 38.9 Å². The first kappa shape index (κ1) is 10.4. The van der Waals surface area contributed by atoms with Gasteiger partial charge in [-0.15, -0.1) is 11.3 Å². The van der Waals surface area contributed by atoms with Crippen LogP contribution in [0.1, 0.15) is 5.56 Å². The van der Waals surface area contributed by atoms with Gasteiger partial charge in [-0.1, -0.05) is 36.4 Å². The molecule has 0 saturated heterocycles. The zero-order valence-electron chi connectivity index (χ0n) is 9.26. The summed E-state index contributed by atoms with van der Waals surface area (Å²) in [6.07, 6.45) is 0. The van der Waals surface area contributed by atoms with Gasteiger partial charge >= 0.3 is 0 Å². The molecular weight excluding hydrogens is 228 g/mol. The minimum atomic E-state index is 0.578. The van der Waals surface area contributed by atoms with Crippen molar-refractivity contribution in [2.75, 3.05) is 0 Å². The average molecular weight is 240 g/mol. The summed E-state index contributed by atoms with van der Waals surface area (Å²) in [6.45, 7) is 0.578. The van der Waals surface area contributed by atoms with Crippen LogP contribution in [0.4, 0.5) is 0 Å². The van der Waals surface area contributed by atoms with Gasteiger partial charge in [0.05, 0.1) is 10.2 Å². The Hall–Kier alpha value is -1.71. The highest BCUT2D eigenvalue weighted by molar-refractivity contribution is 7.21. The molecular formula is C14H12N2S. The van der Waals surface area contributed by atoms with E-state index in [1.165, 1.54) is 10.3 Å². The Labute approximate surface area is 104 Å². The summed E-state index contributed by atoms with van der Waals surface area (Å²) in [4.78, 5) is 4.64. The number of fused-ring (bicyclic) bond motifs is 1. The summed E-state index contributed by atoms with van der Waals surface area (Å²) in [7, 11) is 0. The predicted molar refractivity (Wildman–Crippen MR) is 72.9 cm³/mol. The van der Waals surface area contributed by atoms with E-state index in [1.54, 1.807) is 11.3 Å². The normalized spacial score (nSPS) is 10.9. The van der Waals surface area contributed by atoms with E-state index in [4.69, 9.17) is 5.73 Å². The maximum atomic E-state index is 5.64. The fraction of sp³-hybridized carbons (Fsp3) is 0.0714. The Morgan fingerprint density at radius 2 is 1.88 bits per heavy atom. The van der Waals surface area contributed by atoms with Crippen molar-refractivity contribution in [2.24, 2.45) is 5.73 Å². The van der Waals surface area contributed by atoms with Gasteiger partial charge in [0, 0.05) is 12.1 Å². The zero-order chi connectivity index (χ0) is 11.7. The highest BCUT2D eigenvalue weighted by Crippen LogP contribution is 2.30. The molecule has 3 heteroatoms. The highest BCUT2D eigenvalue weighted by Gasteiger charge is 2.05. The van der Waals surface area contributed by atoms with E-state index in [9.17, 15) is 0 Å². The van der Waals surface area contributed by atoms with Gasteiger partial charge in [0.1, 0.15) is 5.01 Å². The van der Waals surface area contributed by atoms with Gasteiger partial charge in [0.15, 0.2) is 0 Å². The smallest absolute Gasteiger partial charge is 0.124 e. The Bertz CT molecular complexity index is 644. The lowest BCUT2D eigenvalue weighted by molar-refractivity contribution is 1.08. The van der Waals surface area contributed by atoms with Crippen LogP contribution in [0.5, 0.6) is 0 Å². The number of thiazole rings is 1. The third-order valence-corrected chi connectivity index (χ3v) is 3.78. The second-order valence-corrected chi connectivity index (χ2v) is 4.92. The van der Waals surface area contributed by atoms with E-state index in [0.717, 1.165) is 16.1 Å². The number of nitrogens with two attached hydrogens (primary N) is 1. The number of hydrogen-bond donors (Lipinski definition) is 1. The Kier molecular flexibility index (Phi) is 2.63. The molecule has 3 aromatic rings. The lowest BCUT2D eigenvalue weighted by atomic mass is 10.2. The third kappa shape index (κ3) is 1.95. The Morgan fingerprint density at radius 3 is 2.65 bits per heavy atom. The summed E-state index contributed by atoms with van der Waals surface area (Å²) in [6, 6.07) is 16.5. The molecule has 3 rings (SSSR count). The van der Waals surface area contributed by atoms with Gasteiger partial charge in [0.25, 0.3) is 0 Å². The van der Waals surface area contributed by atoms with E-state index < -0.39 is 0 Å². The van der Waals surface area contributed by atoms with Crippen LogP contribution in [0.3, 0.4) is 0 Å². The molecule has 2 aromatic carbocycles. The second kappa shape index (κ2) is 4.28. The summed E-state index contributed by atoms with van der Waals surface area (Å²) in [5, 5.41) is 1.06. The molecule has 0 aliphatic carbocycles. The Morgan fingerprint density at radius 1 is 1.06 bits per heavy atom. The monoisotopic (exact) mass is 240 g/mol. The SMILES string of the molecule is NCc1ccc2nc(-c3ccccc3)sc2c1. The van der Waals surface area contributed by atoms with Crippen molar-refractivity contribution in [1.82, 2.24) is 4.98 Å². The van der Waals surface area contributed by atoms with Crippen molar-refractivity contribution in [3.8, 4) is 10.6 Å². The quantitative estimate of drug-likeness (QED) is 0.745. The minimum Gasteiger partial charge on any atom is -0.326 e. The largest absolute Gasteiger partial charge is 0.326 e. The number of benzene rings is 2. The van der Waals surface area contributed by atoms with Crippen LogP contribution in [0.25, 0.3) is 20.8 Å². The number of rotatable bonds is 2. The van der Waals surface area contributed by atoms with Crippen molar-refractivity contribution in [1.29, 1.82) is 0 Å².